The largest absolute Gasteiger partial charge is 0.253 e. The Labute approximate surface area is 110 Å². The van der Waals surface area contributed by atoms with Crippen LogP contribution >= 0.6 is 0 Å². The molecule has 1 heteroatoms. The maximum absolute atomic E-state index is 4.82. The molecule has 2 aliphatic rings. The van der Waals surface area contributed by atoms with Gasteiger partial charge < -0.3 is 0 Å². The van der Waals surface area contributed by atoms with Crippen LogP contribution < -0.4 is 5.32 Å². The number of benzene rings is 1. The summed E-state index contributed by atoms with van der Waals surface area (Å²) in [6.07, 6.45) is 8.92. The van der Waals surface area contributed by atoms with Crippen molar-refractivity contribution in [3.63, 3.8) is 0 Å². The van der Waals surface area contributed by atoms with E-state index < -0.39 is 0 Å². The maximum atomic E-state index is 4.82. The van der Waals surface area contributed by atoms with E-state index in [-0.39, 0.29) is 0 Å². The van der Waals surface area contributed by atoms with E-state index in [2.05, 4.69) is 26.0 Å². The molecule has 0 bridgehead atoms. The molecule has 1 radical (unpaired) electrons. The molecule has 0 fully saturated rings. The van der Waals surface area contributed by atoms with Crippen LogP contribution in [0.3, 0.4) is 0 Å². The molecular formula is C17H22N. The number of allylic oxidation sites excluding steroid dienone is 2. The highest BCUT2D eigenvalue weighted by Crippen LogP contribution is 2.46. The Balaban J connectivity index is 1.95. The van der Waals surface area contributed by atoms with Gasteiger partial charge in [0, 0.05) is 11.3 Å². The molecule has 0 unspecified atom stereocenters. The van der Waals surface area contributed by atoms with Crippen LogP contribution in [0.25, 0.3) is 5.57 Å². The van der Waals surface area contributed by atoms with Crippen molar-refractivity contribution >= 4 is 11.3 Å². The summed E-state index contributed by atoms with van der Waals surface area (Å²) in [4.78, 5) is 0. The van der Waals surface area contributed by atoms with Crippen molar-refractivity contribution < 1.29 is 0 Å². The van der Waals surface area contributed by atoms with E-state index in [0.29, 0.717) is 0 Å². The SMILES string of the molecule is CCCCCc1c(C)ccc2c1C1=C(CCC1)[N]2. The van der Waals surface area contributed by atoms with Gasteiger partial charge in [-0.05, 0) is 61.8 Å². The van der Waals surface area contributed by atoms with Gasteiger partial charge in [-0.25, -0.2) is 0 Å². The summed E-state index contributed by atoms with van der Waals surface area (Å²) in [6.45, 7) is 4.53. The van der Waals surface area contributed by atoms with Crippen molar-refractivity contribution in [3.05, 3.63) is 34.5 Å². The van der Waals surface area contributed by atoms with E-state index in [0.717, 1.165) is 0 Å². The van der Waals surface area contributed by atoms with Gasteiger partial charge >= 0.3 is 0 Å². The molecule has 3 rings (SSSR count). The summed E-state index contributed by atoms with van der Waals surface area (Å²) >= 11 is 0. The Kier molecular flexibility index (Phi) is 3.15. The fourth-order valence-electron chi connectivity index (χ4n) is 3.31. The molecule has 1 aromatic carbocycles. The number of fused-ring (bicyclic) bond motifs is 2. The molecule has 0 aromatic heterocycles. The molecule has 0 saturated heterocycles. The Bertz CT molecular complexity index is 497. The van der Waals surface area contributed by atoms with Crippen LogP contribution in [0.5, 0.6) is 0 Å². The number of aryl methyl sites for hydroxylation is 1. The molecule has 18 heavy (non-hydrogen) atoms. The van der Waals surface area contributed by atoms with Crippen molar-refractivity contribution in [2.45, 2.75) is 58.8 Å². The summed E-state index contributed by atoms with van der Waals surface area (Å²) in [5, 5.41) is 4.82. The lowest BCUT2D eigenvalue weighted by Gasteiger charge is -2.13. The lowest BCUT2D eigenvalue weighted by atomic mass is 9.91. The highest BCUT2D eigenvalue weighted by molar-refractivity contribution is 5.85. The highest BCUT2D eigenvalue weighted by atomic mass is 14.9. The monoisotopic (exact) mass is 240 g/mol. The van der Waals surface area contributed by atoms with Gasteiger partial charge in [0.2, 0.25) is 0 Å². The minimum atomic E-state index is 1.19. The lowest BCUT2D eigenvalue weighted by Crippen LogP contribution is -1.98. The van der Waals surface area contributed by atoms with E-state index in [1.54, 1.807) is 11.1 Å². The molecule has 0 N–H and O–H groups in total. The smallest absolute Gasteiger partial charge is 0.0711 e. The third kappa shape index (κ3) is 1.86. The maximum Gasteiger partial charge on any atom is 0.0711 e. The Hall–Kier alpha value is -1.24. The van der Waals surface area contributed by atoms with Crippen LogP contribution in [0.4, 0.5) is 5.69 Å². The molecule has 95 valence electrons. The number of hydrogen-bond acceptors (Lipinski definition) is 0. The predicted octanol–water partition coefficient (Wildman–Crippen LogP) is 4.87. The van der Waals surface area contributed by atoms with Gasteiger partial charge in [-0.15, -0.1) is 0 Å². The minimum absolute atomic E-state index is 1.19. The second-order valence-electron chi connectivity index (χ2n) is 5.60. The van der Waals surface area contributed by atoms with Gasteiger partial charge in [0.25, 0.3) is 0 Å². The average Bonchev–Trinajstić information content (AvgIpc) is 2.92. The quantitative estimate of drug-likeness (QED) is 0.666. The lowest BCUT2D eigenvalue weighted by molar-refractivity contribution is 0.714. The molecule has 1 aliphatic carbocycles. The second kappa shape index (κ2) is 4.79. The van der Waals surface area contributed by atoms with Crippen molar-refractivity contribution in [2.24, 2.45) is 0 Å². The minimum Gasteiger partial charge on any atom is -0.253 e. The average molecular weight is 240 g/mol. The molecule has 1 heterocycles. The van der Waals surface area contributed by atoms with E-state index >= 15 is 0 Å². The van der Waals surface area contributed by atoms with E-state index in [9.17, 15) is 0 Å². The summed E-state index contributed by atoms with van der Waals surface area (Å²) < 4.78 is 0. The van der Waals surface area contributed by atoms with Gasteiger partial charge in [-0.1, -0.05) is 25.8 Å². The van der Waals surface area contributed by atoms with E-state index in [4.69, 9.17) is 5.32 Å². The first-order valence-electron chi connectivity index (χ1n) is 7.38. The first-order valence-corrected chi connectivity index (χ1v) is 7.38. The fraction of sp³-hybridized carbons (Fsp3) is 0.529. The Morgan fingerprint density at radius 1 is 1.17 bits per heavy atom. The zero-order valence-electron chi connectivity index (χ0n) is 11.6. The zero-order valence-corrected chi connectivity index (χ0v) is 11.6. The molecule has 0 atom stereocenters. The van der Waals surface area contributed by atoms with Crippen LogP contribution in [0.2, 0.25) is 0 Å². The number of unbranched alkanes of at least 4 members (excludes halogenated alkanes) is 2. The first kappa shape index (κ1) is 11.8. The summed E-state index contributed by atoms with van der Waals surface area (Å²) in [5.74, 6) is 0. The summed E-state index contributed by atoms with van der Waals surface area (Å²) in [5.41, 5.74) is 8.75. The predicted molar refractivity (Wildman–Crippen MR) is 77.0 cm³/mol. The molecule has 0 saturated carbocycles. The molecule has 0 amide bonds. The van der Waals surface area contributed by atoms with Crippen LogP contribution in [0.15, 0.2) is 17.8 Å². The van der Waals surface area contributed by atoms with E-state index in [1.807, 2.05) is 0 Å². The van der Waals surface area contributed by atoms with Gasteiger partial charge in [-0.3, -0.25) is 5.32 Å². The number of rotatable bonds is 4. The Morgan fingerprint density at radius 2 is 2.06 bits per heavy atom. The number of hydrogen-bond donors (Lipinski definition) is 0. The second-order valence-corrected chi connectivity index (χ2v) is 5.60. The van der Waals surface area contributed by atoms with Crippen molar-refractivity contribution in [1.29, 1.82) is 0 Å². The Morgan fingerprint density at radius 3 is 2.89 bits per heavy atom. The van der Waals surface area contributed by atoms with Gasteiger partial charge in [-0.2, -0.15) is 0 Å². The zero-order chi connectivity index (χ0) is 12.5. The molecular weight excluding hydrogens is 218 g/mol. The van der Waals surface area contributed by atoms with Gasteiger partial charge in [0.05, 0.1) is 5.69 Å². The topological polar surface area (TPSA) is 14.1 Å². The van der Waals surface area contributed by atoms with Gasteiger partial charge in [0.15, 0.2) is 0 Å². The summed E-state index contributed by atoms with van der Waals surface area (Å²) in [6, 6.07) is 4.47. The van der Waals surface area contributed by atoms with Crippen LogP contribution in [0, 0.1) is 6.92 Å². The standard InChI is InChI=1S/C17H22N/c1-3-4-5-7-13-12(2)10-11-16-17(13)14-8-6-9-15(14)18-16/h10-11H,3-9H2,1-2H3. The van der Waals surface area contributed by atoms with Crippen molar-refractivity contribution in [3.8, 4) is 0 Å². The van der Waals surface area contributed by atoms with Crippen molar-refractivity contribution in [1.82, 2.24) is 5.32 Å². The molecule has 1 aromatic rings. The first-order chi connectivity index (χ1) is 8.81. The highest BCUT2D eigenvalue weighted by Gasteiger charge is 2.29. The third-order valence-electron chi connectivity index (χ3n) is 4.30. The van der Waals surface area contributed by atoms with Crippen LogP contribution in [0.1, 0.15) is 62.1 Å². The number of nitrogens with zero attached hydrogens (tertiary/aromatic N) is 1. The van der Waals surface area contributed by atoms with Crippen LogP contribution in [-0.2, 0) is 6.42 Å². The fourth-order valence-corrected chi connectivity index (χ4v) is 3.31. The van der Waals surface area contributed by atoms with Crippen LogP contribution in [-0.4, -0.2) is 0 Å². The van der Waals surface area contributed by atoms with Gasteiger partial charge in [0.1, 0.15) is 0 Å². The third-order valence-corrected chi connectivity index (χ3v) is 4.30. The molecule has 1 nitrogen and oxygen atoms in total. The van der Waals surface area contributed by atoms with E-state index in [1.165, 1.54) is 67.5 Å². The molecule has 1 aliphatic heterocycles. The normalized spacial score (nSPS) is 16.8. The van der Waals surface area contributed by atoms with Crippen molar-refractivity contribution in [2.75, 3.05) is 0 Å². The summed E-state index contributed by atoms with van der Waals surface area (Å²) in [7, 11) is 0. The molecule has 0 spiro atoms.